The molecule has 12 heavy (non-hydrogen) atoms. The van der Waals surface area contributed by atoms with E-state index in [2.05, 4.69) is 5.32 Å². The normalized spacial score (nSPS) is 20.8. The maximum absolute atomic E-state index is 10.9. The van der Waals surface area contributed by atoms with Crippen molar-refractivity contribution < 1.29 is 8.42 Å². The van der Waals surface area contributed by atoms with Crippen molar-refractivity contribution in [3.63, 3.8) is 0 Å². The van der Waals surface area contributed by atoms with Crippen LogP contribution in [-0.2, 0) is 10.0 Å². The summed E-state index contributed by atoms with van der Waals surface area (Å²) in [6.45, 7) is 2.39. The summed E-state index contributed by atoms with van der Waals surface area (Å²) < 4.78 is 23.4. The number of sulfonamides is 1. The van der Waals surface area contributed by atoms with Gasteiger partial charge in [0.25, 0.3) is 0 Å². The second-order valence-electron chi connectivity index (χ2n) is 3.34. The number of hydrogen-bond donors (Lipinski definition) is 1. The van der Waals surface area contributed by atoms with Gasteiger partial charge in [-0.15, -0.1) is 0 Å². The maximum Gasteiger partial charge on any atom is 0.211 e. The third kappa shape index (κ3) is 2.43. The van der Waals surface area contributed by atoms with Gasteiger partial charge in [0, 0.05) is 13.1 Å². The summed E-state index contributed by atoms with van der Waals surface area (Å²) in [5.41, 5.74) is 0. The SMILES string of the molecule is CNCCC1CN(S(C)(=O)=O)C1. The molecule has 1 N–H and O–H groups in total. The lowest BCUT2D eigenvalue weighted by Gasteiger charge is -2.37. The van der Waals surface area contributed by atoms with Gasteiger partial charge in [-0.05, 0) is 25.9 Å². The second kappa shape index (κ2) is 3.72. The van der Waals surface area contributed by atoms with E-state index in [4.69, 9.17) is 0 Å². The summed E-state index contributed by atoms with van der Waals surface area (Å²) in [4.78, 5) is 0. The predicted molar refractivity (Wildman–Crippen MR) is 48.5 cm³/mol. The quantitative estimate of drug-likeness (QED) is 0.652. The van der Waals surface area contributed by atoms with Crippen molar-refractivity contribution in [1.82, 2.24) is 9.62 Å². The van der Waals surface area contributed by atoms with E-state index in [0.717, 1.165) is 13.0 Å². The Morgan fingerprint density at radius 3 is 2.50 bits per heavy atom. The molecule has 0 aromatic carbocycles. The maximum atomic E-state index is 10.9. The molecule has 0 amide bonds. The van der Waals surface area contributed by atoms with Crippen molar-refractivity contribution in [2.24, 2.45) is 5.92 Å². The van der Waals surface area contributed by atoms with Crippen LogP contribution in [0.15, 0.2) is 0 Å². The standard InChI is InChI=1S/C7H16N2O2S/c1-8-4-3-7-5-9(6-7)12(2,10)11/h7-8H,3-6H2,1-2H3. The average Bonchev–Trinajstić information content (AvgIpc) is 1.81. The highest BCUT2D eigenvalue weighted by atomic mass is 32.2. The van der Waals surface area contributed by atoms with E-state index in [1.54, 1.807) is 0 Å². The van der Waals surface area contributed by atoms with Crippen LogP contribution in [0.25, 0.3) is 0 Å². The van der Waals surface area contributed by atoms with Gasteiger partial charge in [-0.3, -0.25) is 0 Å². The molecule has 4 nitrogen and oxygen atoms in total. The van der Waals surface area contributed by atoms with E-state index in [9.17, 15) is 8.42 Å². The summed E-state index contributed by atoms with van der Waals surface area (Å²) in [5.74, 6) is 0.562. The van der Waals surface area contributed by atoms with Gasteiger partial charge < -0.3 is 5.32 Å². The molecule has 1 heterocycles. The van der Waals surface area contributed by atoms with Gasteiger partial charge >= 0.3 is 0 Å². The van der Waals surface area contributed by atoms with Gasteiger partial charge in [-0.1, -0.05) is 0 Å². The molecule has 0 radical (unpaired) electrons. The van der Waals surface area contributed by atoms with Crippen LogP contribution >= 0.6 is 0 Å². The molecule has 0 unspecified atom stereocenters. The zero-order valence-corrected chi connectivity index (χ0v) is 8.39. The van der Waals surface area contributed by atoms with Crippen LogP contribution in [0.4, 0.5) is 0 Å². The summed E-state index contributed by atoms with van der Waals surface area (Å²) in [6.07, 6.45) is 2.34. The predicted octanol–water partition coefficient (Wildman–Crippen LogP) is -0.513. The molecule has 1 aliphatic rings. The molecule has 0 aliphatic carbocycles. The van der Waals surface area contributed by atoms with Crippen LogP contribution in [0.1, 0.15) is 6.42 Å². The summed E-state index contributed by atoms with van der Waals surface area (Å²) in [7, 11) is -1.00. The Labute approximate surface area is 74.0 Å². The number of nitrogens with one attached hydrogen (secondary N) is 1. The van der Waals surface area contributed by atoms with Crippen molar-refractivity contribution in [2.75, 3.05) is 32.9 Å². The molecule has 0 saturated carbocycles. The van der Waals surface area contributed by atoms with Gasteiger partial charge in [-0.25, -0.2) is 12.7 Å². The molecule has 72 valence electrons. The highest BCUT2D eigenvalue weighted by Gasteiger charge is 2.32. The summed E-state index contributed by atoms with van der Waals surface area (Å²) in [5, 5.41) is 3.05. The Hall–Kier alpha value is -0.130. The molecule has 1 aliphatic heterocycles. The van der Waals surface area contributed by atoms with E-state index in [-0.39, 0.29) is 0 Å². The Bertz CT molecular complexity index is 232. The third-order valence-corrected chi connectivity index (χ3v) is 3.43. The Morgan fingerprint density at radius 1 is 1.50 bits per heavy atom. The van der Waals surface area contributed by atoms with Gasteiger partial charge in [-0.2, -0.15) is 0 Å². The van der Waals surface area contributed by atoms with Crippen molar-refractivity contribution in [3.8, 4) is 0 Å². The minimum absolute atomic E-state index is 0.562. The van der Waals surface area contributed by atoms with E-state index in [0.29, 0.717) is 19.0 Å². The van der Waals surface area contributed by atoms with Crippen LogP contribution < -0.4 is 5.32 Å². The van der Waals surface area contributed by atoms with Crippen LogP contribution in [-0.4, -0.2) is 45.7 Å². The first-order chi connectivity index (χ1) is 5.54. The highest BCUT2D eigenvalue weighted by molar-refractivity contribution is 7.88. The van der Waals surface area contributed by atoms with E-state index in [1.807, 2.05) is 7.05 Å². The first-order valence-electron chi connectivity index (χ1n) is 4.13. The summed E-state index contributed by atoms with van der Waals surface area (Å²) in [6, 6.07) is 0. The Kier molecular flexibility index (Phi) is 3.09. The van der Waals surface area contributed by atoms with Crippen molar-refractivity contribution in [3.05, 3.63) is 0 Å². The van der Waals surface area contributed by atoms with E-state index >= 15 is 0 Å². The highest BCUT2D eigenvalue weighted by Crippen LogP contribution is 2.20. The van der Waals surface area contributed by atoms with Gasteiger partial charge in [0.1, 0.15) is 0 Å². The smallest absolute Gasteiger partial charge is 0.211 e. The molecular formula is C7H16N2O2S. The fourth-order valence-corrected chi connectivity index (χ4v) is 2.29. The lowest BCUT2D eigenvalue weighted by atomic mass is 10.00. The number of hydrogen-bond acceptors (Lipinski definition) is 3. The molecule has 1 saturated heterocycles. The minimum atomic E-state index is -2.91. The molecule has 0 aromatic heterocycles. The van der Waals surface area contributed by atoms with Crippen LogP contribution in [0.5, 0.6) is 0 Å². The van der Waals surface area contributed by atoms with Crippen LogP contribution in [0.3, 0.4) is 0 Å². The number of rotatable bonds is 4. The zero-order chi connectivity index (χ0) is 9.19. The molecular weight excluding hydrogens is 176 g/mol. The molecule has 5 heteroatoms. The minimum Gasteiger partial charge on any atom is -0.320 e. The van der Waals surface area contributed by atoms with E-state index in [1.165, 1.54) is 10.6 Å². The molecule has 1 rings (SSSR count). The molecule has 1 fully saturated rings. The zero-order valence-electron chi connectivity index (χ0n) is 7.58. The van der Waals surface area contributed by atoms with Crippen molar-refractivity contribution >= 4 is 10.0 Å². The van der Waals surface area contributed by atoms with Gasteiger partial charge in [0.05, 0.1) is 6.26 Å². The Morgan fingerprint density at radius 2 is 2.08 bits per heavy atom. The number of nitrogens with zero attached hydrogens (tertiary/aromatic N) is 1. The lowest BCUT2D eigenvalue weighted by molar-refractivity contribution is 0.191. The van der Waals surface area contributed by atoms with Crippen molar-refractivity contribution in [1.29, 1.82) is 0 Å². The molecule has 0 spiro atoms. The van der Waals surface area contributed by atoms with Gasteiger partial charge in [0.2, 0.25) is 10.0 Å². The van der Waals surface area contributed by atoms with Crippen molar-refractivity contribution in [2.45, 2.75) is 6.42 Å². The monoisotopic (exact) mass is 192 g/mol. The van der Waals surface area contributed by atoms with Crippen LogP contribution in [0.2, 0.25) is 0 Å². The topological polar surface area (TPSA) is 49.4 Å². The largest absolute Gasteiger partial charge is 0.320 e. The van der Waals surface area contributed by atoms with E-state index < -0.39 is 10.0 Å². The molecule has 0 aromatic rings. The first kappa shape index (κ1) is 9.95. The molecule has 0 bridgehead atoms. The van der Waals surface area contributed by atoms with Gasteiger partial charge in [0.15, 0.2) is 0 Å². The summed E-state index contributed by atoms with van der Waals surface area (Å²) >= 11 is 0. The lowest BCUT2D eigenvalue weighted by Crippen LogP contribution is -2.49. The third-order valence-electron chi connectivity index (χ3n) is 2.20. The fraction of sp³-hybridized carbons (Fsp3) is 1.00. The fourth-order valence-electron chi connectivity index (χ4n) is 1.32. The second-order valence-corrected chi connectivity index (χ2v) is 5.32. The van der Waals surface area contributed by atoms with Crippen LogP contribution in [0, 0.1) is 5.92 Å². The molecule has 0 atom stereocenters. The average molecular weight is 192 g/mol. The Balaban J connectivity index is 2.20. The first-order valence-corrected chi connectivity index (χ1v) is 5.98.